The van der Waals surface area contributed by atoms with Crippen LogP contribution in [-0.2, 0) is 6.42 Å². The number of aryl methyl sites for hydroxylation is 2. The summed E-state index contributed by atoms with van der Waals surface area (Å²) >= 11 is 0. The summed E-state index contributed by atoms with van der Waals surface area (Å²) in [4.78, 5) is 4.61. The molecule has 32 heavy (non-hydrogen) atoms. The van der Waals surface area contributed by atoms with E-state index in [0.29, 0.717) is 0 Å². The van der Waals surface area contributed by atoms with Gasteiger partial charge in [-0.05, 0) is 49.2 Å². The SMILES string of the molecule is CC.CCCc1nnc(Nc2ccc3c(c2)ncn3-c2cccc(C)c2)c2ccccc12. The molecule has 0 aliphatic heterocycles. The van der Waals surface area contributed by atoms with E-state index in [0.717, 1.165) is 57.5 Å². The first-order valence-corrected chi connectivity index (χ1v) is 11.3. The third kappa shape index (κ3) is 4.19. The van der Waals surface area contributed by atoms with Gasteiger partial charge in [-0.2, -0.15) is 5.10 Å². The number of hydrogen-bond acceptors (Lipinski definition) is 4. The maximum Gasteiger partial charge on any atom is 0.160 e. The van der Waals surface area contributed by atoms with E-state index in [1.165, 1.54) is 5.56 Å². The fraction of sp³-hybridized carbons (Fsp3) is 0.222. The van der Waals surface area contributed by atoms with Crippen LogP contribution in [0.5, 0.6) is 0 Å². The van der Waals surface area contributed by atoms with Crippen LogP contribution in [0.15, 0.2) is 73.1 Å². The summed E-state index contributed by atoms with van der Waals surface area (Å²) in [5, 5.41) is 14.6. The van der Waals surface area contributed by atoms with Gasteiger partial charge in [-0.25, -0.2) is 4.98 Å². The molecular weight excluding hydrogens is 394 g/mol. The van der Waals surface area contributed by atoms with E-state index in [-0.39, 0.29) is 0 Å². The standard InChI is InChI=1S/C25H23N5.C2H6/c1-3-7-22-20-10-4-5-11-21(20)25(29-28-22)27-18-12-13-24-23(15-18)26-16-30(24)19-9-6-8-17(2)14-19;1-2/h4-6,8-16H,3,7H2,1-2H3,(H,27,29);1-2H3. The molecule has 2 aromatic heterocycles. The average Bonchev–Trinajstić information content (AvgIpc) is 3.25. The normalized spacial score (nSPS) is 10.8. The molecule has 0 saturated carbocycles. The maximum atomic E-state index is 4.61. The predicted molar refractivity (Wildman–Crippen MR) is 134 cm³/mol. The van der Waals surface area contributed by atoms with Gasteiger partial charge in [0.2, 0.25) is 0 Å². The second-order valence-corrected chi connectivity index (χ2v) is 7.57. The molecule has 0 saturated heterocycles. The van der Waals surface area contributed by atoms with Crippen LogP contribution in [0.4, 0.5) is 11.5 Å². The van der Waals surface area contributed by atoms with Crippen molar-refractivity contribution in [1.82, 2.24) is 19.7 Å². The van der Waals surface area contributed by atoms with Gasteiger partial charge in [-0.3, -0.25) is 4.57 Å². The first-order valence-electron chi connectivity index (χ1n) is 11.3. The highest BCUT2D eigenvalue weighted by atomic mass is 15.2. The van der Waals surface area contributed by atoms with Crippen LogP contribution in [0.1, 0.15) is 38.4 Å². The summed E-state index contributed by atoms with van der Waals surface area (Å²) in [6.07, 6.45) is 3.85. The van der Waals surface area contributed by atoms with Gasteiger partial charge in [0.1, 0.15) is 6.33 Å². The lowest BCUT2D eigenvalue weighted by Gasteiger charge is -2.11. The van der Waals surface area contributed by atoms with Crippen molar-refractivity contribution in [1.29, 1.82) is 0 Å². The van der Waals surface area contributed by atoms with E-state index in [1.54, 1.807) is 0 Å². The number of nitrogens with zero attached hydrogens (tertiary/aromatic N) is 4. The highest BCUT2D eigenvalue weighted by Crippen LogP contribution is 2.28. The lowest BCUT2D eigenvalue weighted by atomic mass is 10.1. The number of rotatable bonds is 5. The molecule has 0 unspecified atom stereocenters. The molecule has 0 aliphatic rings. The molecule has 0 atom stereocenters. The lowest BCUT2D eigenvalue weighted by Crippen LogP contribution is -2.01. The highest BCUT2D eigenvalue weighted by molar-refractivity contribution is 5.95. The third-order valence-electron chi connectivity index (χ3n) is 5.34. The summed E-state index contributed by atoms with van der Waals surface area (Å²) in [6.45, 7) is 8.26. The van der Waals surface area contributed by atoms with Crippen LogP contribution in [0.3, 0.4) is 0 Å². The summed E-state index contributed by atoms with van der Waals surface area (Å²) in [6, 6.07) is 22.9. The van der Waals surface area contributed by atoms with E-state index < -0.39 is 0 Å². The Morgan fingerprint density at radius 2 is 1.69 bits per heavy atom. The Balaban J connectivity index is 0.00000119. The Bertz CT molecular complexity index is 1350. The molecule has 3 aromatic carbocycles. The fourth-order valence-corrected chi connectivity index (χ4v) is 3.88. The molecule has 0 bridgehead atoms. The molecule has 0 amide bonds. The first-order chi connectivity index (χ1) is 15.7. The third-order valence-corrected chi connectivity index (χ3v) is 5.34. The van der Waals surface area contributed by atoms with Gasteiger partial charge in [0.15, 0.2) is 5.82 Å². The van der Waals surface area contributed by atoms with Crippen molar-refractivity contribution in [3.63, 3.8) is 0 Å². The molecule has 5 aromatic rings. The number of imidazole rings is 1. The zero-order valence-electron chi connectivity index (χ0n) is 19.1. The smallest absolute Gasteiger partial charge is 0.160 e. The quantitative estimate of drug-likeness (QED) is 0.331. The van der Waals surface area contributed by atoms with Crippen molar-refractivity contribution >= 4 is 33.3 Å². The van der Waals surface area contributed by atoms with Crippen molar-refractivity contribution in [2.45, 2.75) is 40.5 Å². The minimum absolute atomic E-state index is 0.767. The topological polar surface area (TPSA) is 55.6 Å². The van der Waals surface area contributed by atoms with Crippen molar-refractivity contribution in [3.8, 4) is 5.69 Å². The van der Waals surface area contributed by atoms with Crippen LogP contribution in [0.25, 0.3) is 27.5 Å². The van der Waals surface area contributed by atoms with Gasteiger partial charge in [0, 0.05) is 22.1 Å². The molecule has 5 nitrogen and oxygen atoms in total. The summed E-state index contributed by atoms with van der Waals surface area (Å²) in [5.74, 6) is 0.767. The summed E-state index contributed by atoms with van der Waals surface area (Å²) < 4.78 is 2.11. The monoisotopic (exact) mass is 423 g/mol. The van der Waals surface area contributed by atoms with Crippen LogP contribution < -0.4 is 5.32 Å². The van der Waals surface area contributed by atoms with Crippen molar-refractivity contribution < 1.29 is 0 Å². The van der Waals surface area contributed by atoms with Gasteiger partial charge >= 0.3 is 0 Å². The van der Waals surface area contributed by atoms with Crippen LogP contribution in [0.2, 0.25) is 0 Å². The Morgan fingerprint density at radius 1 is 0.875 bits per heavy atom. The van der Waals surface area contributed by atoms with E-state index in [4.69, 9.17) is 0 Å². The van der Waals surface area contributed by atoms with Gasteiger partial charge in [0.25, 0.3) is 0 Å². The average molecular weight is 424 g/mol. The summed E-state index contributed by atoms with van der Waals surface area (Å²) in [7, 11) is 0. The zero-order valence-corrected chi connectivity index (χ0v) is 19.1. The lowest BCUT2D eigenvalue weighted by molar-refractivity contribution is 0.854. The Morgan fingerprint density at radius 3 is 2.47 bits per heavy atom. The number of benzene rings is 3. The predicted octanol–water partition coefficient (Wildman–Crippen LogP) is 7.00. The Kier molecular flexibility index (Phi) is 6.45. The molecule has 162 valence electrons. The minimum atomic E-state index is 0.767. The van der Waals surface area contributed by atoms with Crippen molar-refractivity contribution in [2.24, 2.45) is 0 Å². The maximum absolute atomic E-state index is 4.61. The molecule has 0 spiro atoms. The zero-order chi connectivity index (χ0) is 22.5. The molecule has 2 heterocycles. The van der Waals surface area contributed by atoms with E-state index in [1.807, 2.05) is 26.2 Å². The molecule has 0 radical (unpaired) electrons. The molecule has 0 aliphatic carbocycles. The van der Waals surface area contributed by atoms with Crippen LogP contribution in [0, 0.1) is 6.92 Å². The Hall–Kier alpha value is -3.73. The number of fused-ring (bicyclic) bond motifs is 2. The molecule has 0 fully saturated rings. The number of aromatic nitrogens is 4. The van der Waals surface area contributed by atoms with Crippen molar-refractivity contribution in [2.75, 3.05) is 5.32 Å². The molecule has 5 heteroatoms. The molecule has 5 rings (SSSR count). The van der Waals surface area contributed by atoms with Gasteiger partial charge in [-0.15, -0.1) is 5.10 Å². The Labute approximate surface area is 189 Å². The molecular formula is C27H29N5. The van der Waals surface area contributed by atoms with Crippen molar-refractivity contribution in [3.05, 3.63) is 84.3 Å². The van der Waals surface area contributed by atoms with Crippen LogP contribution >= 0.6 is 0 Å². The number of hydrogen-bond donors (Lipinski definition) is 1. The number of nitrogens with one attached hydrogen (secondary N) is 1. The second-order valence-electron chi connectivity index (χ2n) is 7.57. The number of anilines is 2. The van der Waals surface area contributed by atoms with E-state index in [9.17, 15) is 0 Å². The first kappa shape index (κ1) is 21.5. The van der Waals surface area contributed by atoms with E-state index >= 15 is 0 Å². The highest BCUT2D eigenvalue weighted by Gasteiger charge is 2.10. The van der Waals surface area contributed by atoms with Gasteiger partial charge in [-0.1, -0.05) is 63.6 Å². The fourth-order valence-electron chi connectivity index (χ4n) is 3.88. The largest absolute Gasteiger partial charge is 0.338 e. The van der Waals surface area contributed by atoms with Crippen LogP contribution in [-0.4, -0.2) is 19.7 Å². The second kappa shape index (κ2) is 9.60. The summed E-state index contributed by atoms with van der Waals surface area (Å²) in [5.41, 5.74) is 6.33. The van der Waals surface area contributed by atoms with Gasteiger partial charge in [0.05, 0.1) is 16.7 Å². The molecule has 1 N–H and O–H groups in total. The van der Waals surface area contributed by atoms with Gasteiger partial charge < -0.3 is 5.32 Å². The minimum Gasteiger partial charge on any atom is -0.338 e. The van der Waals surface area contributed by atoms with E-state index in [2.05, 4.69) is 99.6 Å².